The molecule has 0 bridgehead atoms. The Labute approximate surface area is 157 Å². The van der Waals surface area contributed by atoms with Gasteiger partial charge < -0.3 is 4.90 Å². The topological polar surface area (TPSA) is 53.9 Å². The van der Waals surface area contributed by atoms with E-state index in [0.717, 1.165) is 28.1 Å². The molecule has 1 N–H and O–H groups in total. The molecule has 0 saturated heterocycles. The number of aromatic amines is 1. The average molecular weight is 356 g/mol. The Bertz CT molecular complexity index is 1130. The first-order valence-corrected chi connectivity index (χ1v) is 8.73. The second-order valence-corrected chi connectivity index (χ2v) is 6.56. The summed E-state index contributed by atoms with van der Waals surface area (Å²) in [5.74, 6) is 0.573. The maximum Gasteiger partial charge on any atom is 0.273 e. The van der Waals surface area contributed by atoms with E-state index in [1.54, 1.807) is 18.3 Å². The maximum absolute atomic E-state index is 12.4. The first-order valence-electron chi connectivity index (χ1n) is 8.73. The molecule has 0 unspecified atom stereocenters. The van der Waals surface area contributed by atoms with Gasteiger partial charge in [0.25, 0.3) is 5.56 Å². The SMILES string of the molecule is CN(C)c1cccc(-c2cccc(-c3cc(=O)n(-c4ccccn4)[nH]3)c2)c1. The average Bonchev–Trinajstić information content (AvgIpc) is 3.10. The van der Waals surface area contributed by atoms with Crippen molar-refractivity contribution in [3.8, 4) is 28.2 Å². The molecular formula is C22H20N4O. The lowest BCUT2D eigenvalue weighted by atomic mass is 10.0. The summed E-state index contributed by atoms with van der Waals surface area (Å²) >= 11 is 0. The van der Waals surface area contributed by atoms with Crippen molar-refractivity contribution < 1.29 is 0 Å². The van der Waals surface area contributed by atoms with E-state index in [-0.39, 0.29) is 5.56 Å². The standard InChI is InChI=1S/C22H20N4O/c1-25(2)19-10-6-8-17(14-19)16-7-5-9-18(13-16)20-15-22(27)26(24-20)21-11-3-4-12-23-21/h3-15,24H,1-2H3. The number of nitrogens with zero attached hydrogens (tertiary/aromatic N) is 3. The highest BCUT2D eigenvalue weighted by molar-refractivity contribution is 5.73. The third-order valence-corrected chi connectivity index (χ3v) is 4.47. The van der Waals surface area contributed by atoms with Crippen molar-refractivity contribution in [1.82, 2.24) is 14.8 Å². The van der Waals surface area contributed by atoms with Crippen molar-refractivity contribution in [3.05, 3.63) is 89.3 Å². The van der Waals surface area contributed by atoms with Gasteiger partial charge in [-0.2, -0.15) is 0 Å². The van der Waals surface area contributed by atoms with Crippen LogP contribution in [0.4, 0.5) is 5.69 Å². The molecular weight excluding hydrogens is 336 g/mol. The van der Waals surface area contributed by atoms with Gasteiger partial charge in [0.2, 0.25) is 0 Å². The van der Waals surface area contributed by atoms with E-state index >= 15 is 0 Å². The molecule has 27 heavy (non-hydrogen) atoms. The van der Waals surface area contributed by atoms with Crippen LogP contribution in [0.5, 0.6) is 0 Å². The molecule has 0 aliphatic carbocycles. The van der Waals surface area contributed by atoms with Gasteiger partial charge in [-0.3, -0.25) is 9.89 Å². The molecule has 5 nitrogen and oxygen atoms in total. The molecule has 0 fully saturated rings. The summed E-state index contributed by atoms with van der Waals surface area (Å²) in [6.45, 7) is 0. The molecule has 0 atom stereocenters. The number of H-pyrrole nitrogens is 1. The monoisotopic (exact) mass is 356 g/mol. The van der Waals surface area contributed by atoms with E-state index in [4.69, 9.17) is 0 Å². The number of nitrogens with one attached hydrogen (secondary N) is 1. The van der Waals surface area contributed by atoms with Gasteiger partial charge in [-0.1, -0.05) is 36.4 Å². The van der Waals surface area contributed by atoms with Gasteiger partial charge in [0.05, 0.1) is 5.69 Å². The van der Waals surface area contributed by atoms with E-state index in [9.17, 15) is 4.79 Å². The van der Waals surface area contributed by atoms with Gasteiger partial charge in [0.15, 0.2) is 5.82 Å². The minimum atomic E-state index is -0.135. The van der Waals surface area contributed by atoms with Crippen LogP contribution in [0.3, 0.4) is 0 Å². The van der Waals surface area contributed by atoms with Crippen LogP contribution in [-0.4, -0.2) is 28.9 Å². The van der Waals surface area contributed by atoms with Crippen molar-refractivity contribution in [3.63, 3.8) is 0 Å². The molecule has 0 aliphatic rings. The Morgan fingerprint density at radius 1 is 0.852 bits per heavy atom. The third-order valence-electron chi connectivity index (χ3n) is 4.47. The summed E-state index contributed by atoms with van der Waals surface area (Å²) in [4.78, 5) is 18.7. The zero-order valence-electron chi connectivity index (χ0n) is 15.3. The molecule has 4 aromatic rings. The van der Waals surface area contributed by atoms with Gasteiger partial charge >= 0.3 is 0 Å². The fourth-order valence-electron chi connectivity index (χ4n) is 3.03. The predicted octanol–water partition coefficient (Wildman–Crippen LogP) is 3.96. The molecule has 0 amide bonds. The first-order chi connectivity index (χ1) is 13.1. The quantitative estimate of drug-likeness (QED) is 0.602. The van der Waals surface area contributed by atoms with Gasteiger partial charge in [0, 0.05) is 37.6 Å². The maximum atomic E-state index is 12.4. The summed E-state index contributed by atoms with van der Waals surface area (Å²) in [6, 6.07) is 23.6. The van der Waals surface area contributed by atoms with Crippen LogP contribution in [0.15, 0.2) is 83.8 Å². The van der Waals surface area contributed by atoms with Crippen molar-refractivity contribution >= 4 is 5.69 Å². The van der Waals surface area contributed by atoms with Gasteiger partial charge in [-0.15, -0.1) is 0 Å². The van der Waals surface area contributed by atoms with Crippen LogP contribution < -0.4 is 10.5 Å². The predicted molar refractivity (Wildman–Crippen MR) is 109 cm³/mol. The van der Waals surface area contributed by atoms with Crippen LogP contribution in [0.25, 0.3) is 28.2 Å². The lowest BCUT2D eigenvalue weighted by molar-refractivity contribution is 0.822. The fourth-order valence-corrected chi connectivity index (χ4v) is 3.03. The third kappa shape index (κ3) is 3.40. The zero-order valence-corrected chi connectivity index (χ0v) is 15.3. The molecule has 4 rings (SSSR count). The number of hydrogen-bond donors (Lipinski definition) is 1. The summed E-state index contributed by atoms with van der Waals surface area (Å²) in [7, 11) is 4.06. The van der Waals surface area contributed by atoms with E-state index in [2.05, 4.69) is 51.4 Å². The zero-order chi connectivity index (χ0) is 18.8. The summed E-state index contributed by atoms with van der Waals surface area (Å²) in [6.07, 6.45) is 1.67. The van der Waals surface area contributed by atoms with Crippen LogP contribution in [0, 0.1) is 0 Å². The fraction of sp³-hybridized carbons (Fsp3) is 0.0909. The molecule has 2 heterocycles. The number of rotatable bonds is 4. The Morgan fingerprint density at radius 2 is 1.59 bits per heavy atom. The lowest BCUT2D eigenvalue weighted by Crippen LogP contribution is -2.14. The molecule has 0 saturated carbocycles. The van der Waals surface area contributed by atoms with E-state index in [1.807, 2.05) is 38.4 Å². The van der Waals surface area contributed by atoms with Crippen molar-refractivity contribution in [1.29, 1.82) is 0 Å². The van der Waals surface area contributed by atoms with Crippen LogP contribution in [-0.2, 0) is 0 Å². The van der Waals surface area contributed by atoms with E-state index < -0.39 is 0 Å². The minimum absolute atomic E-state index is 0.135. The molecule has 0 radical (unpaired) electrons. The molecule has 0 aliphatic heterocycles. The van der Waals surface area contributed by atoms with Gasteiger partial charge in [0.1, 0.15) is 0 Å². The molecule has 0 spiro atoms. The number of benzene rings is 2. The Morgan fingerprint density at radius 3 is 2.33 bits per heavy atom. The highest BCUT2D eigenvalue weighted by atomic mass is 16.1. The highest BCUT2D eigenvalue weighted by Gasteiger charge is 2.09. The van der Waals surface area contributed by atoms with Gasteiger partial charge in [-0.25, -0.2) is 9.67 Å². The van der Waals surface area contributed by atoms with Gasteiger partial charge in [-0.05, 0) is 41.5 Å². The summed E-state index contributed by atoms with van der Waals surface area (Å²) < 4.78 is 1.45. The Kier molecular flexibility index (Phi) is 4.34. The van der Waals surface area contributed by atoms with E-state index in [1.165, 1.54) is 4.68 Å². The first kappa shape index (κ1) is 16.8. The van der Waals surface area contributed by atoms with Crippen molar-refractivity contribution in [2.45, 2.75) is 0 Å². The summed E-state index contributed by atoms with van der Waals surface area (Å²) in [5.41, 5.74) is 4.96. The highest BCUT2D eigenvalue weighted by Crippen LogP contribution is 2.27. The Balaban J connectivity index is 1.74. The second-order valence-electron chi connectivity index (χ2n) is 6.56. The molecule has 134 valence electrons. The number of hydrogen-bond acceptors (Lipinski definition) is 3. The van der Waals surface area contributed by atoms with Crippen LogP contribution in [0.1, 0.15) is 0 Å². The lowest BCUT2D eigenvalue weighted by Gasteiger charge is -2.14. The number of anilines is 1. The summed E-state index contributed by atoms with van der Waals surface area (Å²) in [5, 5.41) is 3.16. The van der Waals surface area contributed by atoms with Crippen LogP contribution >= 0.6 is 0 Å². The van der Waals surface area contributed by atoms with E-state index in [0.29, 0.717) is 5.82 Å². The largest absolute Gasteiger partial charge is 0.378 e. The molecule has 2 aromatic heterocycles. The van der Waals surface area contributed by atoms with Crippen molar-refractivity contribution in [2.24, 2.45) is 0 Å². The number of pyridine rings is 1. The second kappa shape index (κ2) is 6.96. The van der Waals surface area contributed by atoms with Crippen LogP contribution in [0.2, 0.25) is 0 Å². The molecule has 5 heteroatoms. The van der Waals surface area contributed by atoms with Crippen molar-refractivity contribution in [2.75, 3.05) is 19.0 Å². The minimum Gasteiger partial charge on any atom is -0.378 e. The normalized spacial score (nSPS) is 10.7. The molecule has 2 aromatic carbocycles. The number of aromatic nitrogens is 3. The Hall–Kier alpha value is -3.60. The smallest absolute Gasteiger partial charge is 0.273 e.